The minimum Gasteiger partial charge on any atom is -0.497 e. The van der Waals surface area contributed by atoms with E-state index < -0.39 is 6.61 Å². The maximum absolute atomic E-state index is 12.2. The van der Waals surface area contributed by atoms with Gasteiger partial charge in [0.05, 0.1) is 13.7 Å². The third kappa shape index (κ3) is 5.24. The van der Waals surface area contributed by atoms with E-state index in [-0.39, 0.29) is 5.75 Å². The Morgan fingerprint density at radius 3 is 2.56 bits per heavy atom. The highest BCUT2D eigenvalue weighted by molar-refractivity contribution is 5.56. The van der Waals surface area contributed by atoms with Gasteiger partial charge in [0.2, 0.25) is 11.7 Å². The fourth-order valence-corrected chi connectivity index (χ4v) is 2.57. The molecule has 0 unspecified atom stereocenters. The van der Waals surface area contributed by atoms with Gasteiger partial charge in [-0.2, -0.15) is 13.8 Å². The number of aromatic nitrogens is 2. The van der Waals surface area contributed by atoms with Crippen LogP contribution in [0, 0.1) is 0 Å². The number of hydrogen-bond acceptors (Lipinski definition) is 6. The van der Waals surface area contributed by atoms with Gasteiger partial charge < -0.3 is 14.0 Å². The van der Waals surface area contributed by atoms with Gasteiger partial charge in [-0.1, -0.05) is 29.4 Å². The van der Waals surface area contributed by atoms with Crippen molar-refractivity contribution >= 4 is 0 Å². The summed E-state index contributed by atoms with van der Waals surface area (Å²) >= 11 is 0. The summed E-state index contributed by atoms with van der Waals surface area (Å²) in [4.78, 5) is 6.38. The van der Waals surface area contributed by atoms with E-state index in [1.54, 1.807) is 19.2 Å². The Labute approximate surface area is 155 Å². The number of hydrogen-bond donors (Lipinski definition) is 0. The number of benzene rings is 2. The molecule has 0 bridgehead atoms. The molecule has 0 fully saturated rings. The molecule has 0 amide bonds. The lowest BCUT2D eigenvalue weighted by Crippen LogP contribution is -2.17. The van der Waals surface area contributed by atoms with E-state index >= 15 is 0 Å². The third-order valence-electron chi connectivity index (χ3n) is 3.80. The number of rotatable bonds is 8. The summed E-state index contributed by atoms with van der Waals surface area (Å²) < 4.78 is 39.2. The van der Waals surface area contributed by atoms with Gasteiger partial charge in [-0.15, -0.1) is 0 Å². The van der Waals surface area contributed by atoms with Crippen molar-refractivity contribution in [2.24, 2.45) is 0 Å². The van der Waals surface area contributed by atoms with Crippen molar-refractivity contribution in [3.05, 3.63) is 60.0 Å². The van der Waals surface area contributed by atoms with Crippen LogP contribution in [0.5, 0.6) is 11.5 Å². The van der Waals surface area contributed by atoms with Gasteiger partial charge in [-0.05, 0) is 36.9 Å². The molecule has 142 valence electrons. The lowest BCUT2D eigenvalue weighted by Gasteiger charge is -2.14. The van der Waals surface area contributed by atoms with Crippen LogP contribution in [-0.2, 0) is 13.1 Å². The van der Waals surface area contributed by atoms with Crippen molar-refractivity contribution in [2.75, 3.05) is 14.2 Å². The molecule has 0 N–H and O–H groups in total. The summed E-state index contributed by atoms with van der Waals surface area (Å²) in [5.41, 5.74) is 1.76. The lowest BCUT2D eigenvalue weighted by atomic mass is 10.2. The van der Waals surface area contributed by atoms with Gasteiger partial charge in [-0.25, -0.2) is 0 Å². The molecule has 1 aromatic heterocycles. The summed E-state index contributed by atoms with van der Waals surface area (Å²) in [6.45, 7) is -1.78. The molecule has 0 spiro atoms. The SMILES string of the molecule is COc1cccc(-c2noc(CN(C)Cc3ccc(OC(F)F)cc3)n2)c1. The second-order valence-electron chi connectivity index (χ2n) is 5.94. The molecule has 8 heteroatoms. The zero-order valence-electron chi connectivity index (χ0n) is 14.9. The first-order valence-corrected chi connectivity index (χ1v) is 8.23. The fourth-order valence-electron chi connectivity index (χ4n) is 2.57. The Balaban J connectivity index is 1.59. The first-order chi connectivity index (χ1) is 13.0. The number of methoxy groups -OCH3 is 1. The highest BCUT2D eigenvalue weighted by Crippen LogP contribution is 2.22. The summed E-state index contributed by atoms with van der Waals surface area (Å²) in [5, 5.41) is 4.01. The highest BCUT2D eigenvalue weighted by atomic mass is 19.3. The quantitative estimate of drug-likeness (QED) is 0.594. The molecule has 1 heterocycles. The smallest absolute Gasteiger partial charge is 0.387 e. The molecule has 3 aromatic rings. The standard InChI is InChI=1S/C19H19F2N3O3/c1-24(11-13-6-8-15(9-7-13)26-19(20)21)12-17-22-18(23-27-17)14-4-3-5-16(10-14)25-2/h3-10,19H,11-12H2,1-2H3. The van der Waals surface area contributed by atoms with Crippen LogP contribution in [0.4, 0.5) is 8.78 Å². The normalized spacial score (nSPS) is 11.2. The zero-order chi connectivity index (χ0) is 19.2. The van der Waals surface area contributed by atoms with Crippen LogP contribution >= 0.6 is 0 Å². The molecule has 0 saturated carbocycles. The molecule has 0 atom stereocenters. The van der Waals surface area contributed by atoms with Crippen LogP contribution in [0.2, 0.25) is 0 Å². The monoisotopic (exact) mass is 375 g/mol. The molecular weight excluding hydrogens is 356 g/mol. The predicted molar refractivity (Wildman–Crippen MR) is 94.5 cm³/mol. The molecule has 27 heavy (non-hydrogen) atoms. The number of nitrogens with zero attached hydrogens (tertiary/aromatic N) is 3. The molecule has 6 nitrogen and oxygen atoms in total. The molecule has 0 aliphatic rings. The van der Waals surface area contributed by atoms with Gasteiger partial charge in [0.15, 0.2) is 0 Å². The summed E-state index contributed by atoms with van der Waals surface area (Å²) in [5.74, 6) is 1.82. The van der Waals surface area contributed by atoms with Gasteiger partial charge >= 0.3 is 6.61 Å². The number of alkyl halides is 2. The Morgan fingerprint density at radius 1 is 1.07 bits per heavy atom. The Hall–Kier alpha value is -3.00. The minimum absolute atomic E-state index is 0.135. The second kappa shape index (κ2) is 8.59. The van der Waals surface area contributed by atoms with E-state index in [0.29, 0.717) is 24.8 Å². The van der Waals surface area contributed by atoms with Gasteiger partial charge in [0, 0.05) is 12.1 Å². The van der Waals surface area contributed by atoms with Crippen LogP contribution in [0.1, 0.15) is 11.5 Å². The highest BCUT2D eigenvalue weighted by Gasteiger charge is 2.12. The third-order valence-corrected chi connectivity index (χ3v) is 3.80. The molecular formula is C19H19F2N3O3. The Morgan fingerprint density at radius 2 is 1.85 bits per heavy atom. The number of ether oxygens (including phenoxy) is 2. The van der Waals surface area contributed by atoms with Crippen LogP contribution in [0.25, 0.3) is 11.4 Å². The van der Waals surface area contributed by atoms with E-state index in [2.05, 4.69) is 14.9 Å². The molecule has 0 aliphatic carbocycles. The van der Waals surface area contributed by atoms with Gasteiger partial charge in [-0.3, -0.25) is 4.90 Å². The maximum Gasteiger partial charge on any atom is 0.387 e. The van der Waals surface area contributed by atoms with Crippen LogP contribution in [0.15, 0.2) is 53.1 Å². The van der Waals surface area contributed by atoms with Crippen molar-refractivity contribution < 1.29 is 22.8 Å². The molecule has 2 aromatic carbocycles. The number of halogens is 2. The molecule has 0 aliphatic heterocycles. The van der Waals surface area contributed by atoms with Crippen LogP contribution < -0.4 is 9.47 Å². The largest absolute Gasteiger partial charge is 0.497 e. The Kier molecular flexibility index (Phi) is 5.97. The predicted octanol–water partition coefficient (Wildman–Crippen LogP) is 3.98. The average Bonchev–Trinajstić information content (AvgIpc) is 3.11. The summed E-state index contributed by atoms with van der Waals surface area (Å²) in [6.07, 6.45) is 0. The second-order valence-corrected chi connectivity index (χ2v) is 5.94. The van der Waals surface area contributed by atoms with E-state index in [9.17, 15) is 8.78 Å². The maximum atomic E-state index is 12.2. The molecule has 3 rings (SSSR count). The van der Waals surface area contributed by atoms with E-state index in [1.165, 1.54) is 12.1 Å². The lowest BCUT2D eigenvalue weighted by molar-refractivity contribution is -0.0498. The first-order valence-electron chi connectivity index (χ1n) is 8.23. The topological polar surface area (TPSA) is 60.6 Å². The summed E-state index contributed by atoms with van der Waals surface area (Å²) in [6, 6.07) is 13.9. The van der Waals surface area contributed by atoms with Crippen molar-refractivity contribution in [1.82, 2.24) is 15.0 Å². The average molecular weight is 375 g/mol. The van der Waals surface area contributed by atoms with Crippen molar-refractivity contribution in [3.63, 3.8) is 0 Å². The minimum atomic E-state index is -2.82. The first kappa shape index (κ1) is 18.8. The van der Waals surface area contributed by atoms with Gasteiger partial charge in [0.1, 0.15) is 11.5 Å². The van der Waals surface area contributed by atoms with Crippen LogP contribution in [-0.4, -0.2) is 35.8 Å². The Bertz CT molecular complexity index is 869. The summed E-state index contributed by atoms with van der Waals surface area (Å²) in [7, 11) is 3.50. The fraction of sp³-hybridized carbons (Fsp3) is 0.263. The van der Waals surface area contributed by atoms with Crippen molar-refractivity contribution in [2.45, 2.75) is 19.7 Å². The van der Waals surface area contributed by atoms with Gasteiger partial charge in [0.25, 0.3) is 0 Å². The van der Waals surface area contributed by atoms with Crippen molar-refractivity contribution in [1.29, 1.82) is 0 Å². The molecule has 0 radical (unpaired) electrons. The van der Waals surface area contributed by atoms with Crippen LogP contribution in [0.3, 0.4) is 0 Å². The zero-order valence-corrected chi connectivity index (χ0v) is 14.9. The van der Waals surface area contributed by atoms with E-state index in [1.807, 2.05) is 36.2 Å². The van der Waals surface area contributed by atoms with Crippen molar-refractivity contribution in [3.8, 4) is 22.9 Å². The van der Waals surface area contributed by atoms with E-state index in [4.69, 9.17) is 9.26 Å². The molecule has 0 saturated heterocycles. The van der Waals surface area contributed by atoms with E-state index in [0.717, 1.165) is 16.9 Å².